The fourth-order valence-corrected chi connectivity index (χ4v) is 4.39. The third kappa shape index (κ3) is 3.37. The number of anilines is 1. The van der Waals surface area contributed by atoms with Crippen molar-refractivity contribution in [1.82, 2.24) is 10.1 Å². The lowest BCUT2D eigenvalue weighted by Crippen LogP contribution is -2.55. The SMILES string of the molecule is O=c1[nH]c(SCc2ccccc2)n[n+]2c1-c1ccccc1N[C@H]2c1ccccc1F. The molecule has 5 nitrogen and oxygen atoms in total. The molecule has 4 aromatic rings. The van der Waals surface area contributed by atoms with Gasteiger partial charge in [0.05, 0.1) is 16.8 Å². The van der Waals surface area contributed by atoms with Crippen molar-refractivity contribution < 1.29 is 9.07 Å². The van der Waals surface area contributed by atoms with Gasteiger partial charge in [0.2, 0.25) is 5.16 Å². The van der Waals surface area contributed by atoms with Gasteiger partial charge in [0.1, 0.15) is 5.82 Å². The molecule has 1 aliphatic rings. The van der Waals surface area contributed by atoms with Crippen LogP contribution in [0.25, 0.3) is 11.3 Å². The topological polar surface area (TPSA) is 61.7 Å². The van der Waals surface area contributed by atoms with Gasteiger partial charge < -0.3 is 5.32 Å². The number of hydrogen-bond donors (Lipinski definition) is 2. The van der Waals surface area contributed by atoms with Crippen molar-refractivity contribution >= 4 is 17.4 Å². The van der Waals surface area contributed by atoms with Crippen molar-refractivity contribution in [3.63, 3.8) is 0 Å². The third-order valence-electron chi connectivity index (χ3n) is 5.00. The van der Waals surface area contributed by atoms with Crippen molar-refractivity contribution in [1.29, 1.82) is 0 Å². The number of rotatable bonds is 4. The van der Waals surface area contributed by atoms with Crippen LogP contribution in [0.3, 0.4) is 0 Å². The molecule has 3 aromatic carbocycles. The van der Waals surface area contributed by atoms with E-state index < -0.39 is 6.17 Å². The zero-order valence-electron chi connectivity index (χ0n) is 15.9. The number of hydrogen-bond acceptors (Lipinski definition) is 4. The van der Waals surface area contributed by atoms with Crippen molar-refractivity contribution in [2.45, 2.75) is 17.1 Å². The maximum absolute atomic E-state index is 14.6. The normalized spacial score (nSPS) is 14.5. The molecule has 2 heterocycles. The molecule has 0 radical (unpaired) electrons. The summed E-state index contributed by atoms with van der Waals surface area (Å²) in [4.78, 5) is 16.0. The first kappa shape index (κ1) is 18.6. The minimum Gasteiger partial charge on any atom is -0.321 e. The molecule has 148 valence electrons. The minimum atomic E-state index is -0.630. The number of nitrogens with one attached hydrogen (secondary N) is 2. The summed E-state index contributed by atoms with van der Waals surface area (Å²) in [6.45, 7) is 0. The first-order valence-electron chi connectivity index (χ1n) is 9.54. The van der Waals surface area contributed by atoms with Crippen LogP contribution < -0.4 is 15.6 Å². The van der Waals surface area contributed by atoms with Crippen LogP contribution in [0.5, 0.6) is 0 Å². The summed E-state index contributed by atoms with van der Waals surface area (Å²) in [6, 6.07) is 24.0. The Kier molecular flexibility index (Phi) is 4.80. The third-order valence-corrected chi connectivity index (χ3v) is 5.94. The van der Waals surface area contributed by atoms with Crippen molar-refractivity contribution in [2.24, 2.45) is 0 Å². The number of aromatic amines is 1. The average Bonchev–Trinajstić information content (AvgIpc) is 2.78. The minimum absolute atomic E-state index is 0.254. The van der Waals surface area contributed by atoms with Gasteiger partial charge in [-0.2, -0.15) is 0 Å². The molecule has 1 aliphatic heterocycles. The van der Waals surface area contributed by atoms with Crippen LogP contribution in [0.2, 0.25) is 0 Å². The zero-order valence-corrected chi connectivity index (χ0v) is 16.7. The van der Waals surface area contributed by atoms with Gasteiger partial charge in [0.15, 0.2) is 0 Å². The molecule has 0 bridgehead atoms. The molecule has 1 atom stereocenters. The van der Waals surface area contributed by atoms with E-state index >= 15 is 0 Å². The molecule has 1 aromatic heterocycles. The predicted molar refractivity (Wildman–Crippen MR) is 115 cm³/mol. The van der Waals surface area contributed by atoms with Gasteiger partial charge in [-0.15, -0.1) is 0 Å². The van der Waals surface area contributed by atoms with E-state index in [0.717, 1.165) is 16.8 Å². The number of aromatic nitrogens is 3. The number of thioether (sulfide) groups is 1. The first-order valence-corrected chi connectivity index (χ1v) is 10.5. The second-order valence-electron chi connectivity index (χ2n) is 6.94. The van der Waals surface area contributed by atoms with Crippen LogP contribution in [-0.2, 0) is 5.75 Å². The van der Waals surface area contributed by atoms with E-state index in [0.29, 0.717) is 22.2 Å². The smallest absolute Gasteiger partial charge is 0.321 e. The second kappa shape index (κ2) is 7.76. The van der Waals surface area contributed by atoms with Gasteiger partial charge in [-0.1, -0.05) is 66.4 Å². The van der Waals surface area contributed by atoms with Gasteiger partial charge in [-0.25, -0.2) is 4.39 Å². The summed E-state index contributed by atoms with van der Waals surface area (Å²) in [5, 5.41) is 8.50. The van der Waals surface area contributed by atoms with E-state index in [4.69, 9.17) is 0 Å². The van der Waals surface area contributed by atoms with Crippen molar-refractivity contribution in [2.75, 3.05) is 5.32 Å². The molecule has 0 fully saturated rings. The summed E-state index contributed by atoms with van der Waals surface area (Å²) < 4.78 is 16.2. The van der Waals surface area contributed by atoms with Gasteiger partial charge in [0.25, 0.3) is 6.17 Å². The molecule has 0 aliphatic carbocycles. The molecular formula is C23H18FN4OS+. The summed E-state index contributed by atoms with van der Waals surface area (Å²) in [7, 11) is 0. The van der Waals surface area contributed by atoms with Gasteiger partial charge in [-0.3, -0.25) is 9.78 Å². The molecule has 0 amide bonds. The molecule has 0 unspecified atom stereocenters. The van der Waals surface area contributed by atoms with E-state index in [2.05, 4.69) is 15.4 Å². The average molecular weight is 417 g/mol. The van der Waals surface area contributed by atoms with E-state index in [1.54, 1.807) is 22.9 Å². The Bertz CT molecular complexity index is 1280. The fourth-order valence-electron chi connectivity index (χ4n) is 3.59. The number of halogens is 1. The Hall–Kier alpha value is -3.45. The molecule has 0 spiro atoms. The maximum Gasteiger partial charge on any atom is 0.325 e. The molecule has 0 saturated carbocycles. The summed E-state index contributed by atoms with van der Waals surface area (Å²) in [5.74, 6) is 0.311. The summed E-state index contributed by atoms with van der Waals surface area (Å²) in [6.07, 6.45) is -0.630. The van der Waals surface area contributed by atoms with E-state index in [1.165, 1.54) is 17.8 Å². The monoisotopic (exact) mass is 417 g/mol. The van der Waals surface area contributed by atoms with E-state index in [1.807, 2.05) is 54.6 Å². The Morgan fingerprint density at radius 1 is 0.967 bits per heavy atom. The zero-order chi connectivity index (χ0) is 20.5. The standard InChI is InChI=1S/C23H17FN4OS/c24-18-12-6-4-10-16(18)21-25-19-13-7-5-11-17(19)20-22(29)26-23(27-28(20)21)30-14-15-8-2-1-3-9-15/h1-13,21H,14H2,(H,26,27,29)/p+1/t21-/m1/s1. The Balaban J connectivity index is 1.62. The lowest BCUT2D eigenvalue weighted by molar-refractivity contribution is -0.759. The summed E-state index contributed by atoms with van der Waals surface area (Å²) >= 11 is 1.43. The van der Waals surface area contributed by atoms with Crippen LogP contribution in [0.15, 0.2) is 88.8 Å². The van der Waals surface area contributed by atoms with Gasteiger partial charge in [-0.05, 0) is 34.5 Å². The quantitative estimate of drug-likeness (QED) is 0.387. The predicted octanol–water partition coefficient (Wildman–Crippen LogP) is 4.13. The second-order valence-corrected chi connectivity index (χ2v) is 7.90. The van der Waals surface area contributed by atoms with Crippen molar-refractivity contribution in [3.8, 4) is 11.3 Å². The Morgan fingerprint density at radius 2 is 1.70 bits per heavy atom. The van der Waals surface area contributed by atoms with Gasteiger partial charge in [0, 0.05) is 10.9 Å². The van der Waals surface area contributed by atoms with Crippen LogP contribution in [0.4, 0.5) is 10.1 Å². The molecule has 0 saturated heterocycles. The largest absolute Gasteiger partial charge is 0.325 e. The highest BCUT2D eigenvalue weighted by molar-refractivity contribution is 7.98. The van der Waals surface area contributed by atoms with Gasteiger partial charge >= 0.3 is 11.3 Å². The van der Waals surface area contributed by atoms with E-state index in [9.17, 15) is 9.18 Å². The lowest BCUT2D eigenvalue weighted by Gasteiger charge is -2.22. The van der Waals surface area contributed by atoms with Crippen LogP contribution in [0, 0.1) is 5.82 Å². The van der Waals surface area contributed by atoms with Crippen LogP contribution in [-0.4, -0.2) is 10.1 Å². The highest BCUT2D eigenvalue weighted by atomic mass is 32.2. The lowest BCUT2D eigenvalue weighted by atomic mass is 10.0. The number of nitrogens with zero attached hydrogens (tertiary/aromatic N) is 2. The number of para-hydroxylation sites is 1. The fraction of sp³-hybridized carbons (Fsp3) is 0.0870. The Morgan fingerprint density at radius 3 is 2.53 bits per heavy atom. The maximum atomic E-state index is 14.6. The van der Waals surface area contributed by atoms with Crippen LogP contribution in [0.1, 0.15) is 17.3 Å². The molecule has 5 rings (SSSR count). The number of H-pyrrole nitrogens is 1. The number of fused-ring (bicyclic) bond motifs is 3. The van der Waals surface area contributed by atoms with Crippen molar-refractivity contribution in [3.05, 3.63) is 106 Å². The Labute approximate surface area is 176 Å². The molecule has 7 heteroatoms. The molecular weight excluding hydrogens is 399 g/mol. The molecule has 2 N–H and O–H groups in total. The number of benzene rings is 3. The van der Waals surface area contributed by atoms with Crippen LogP contribution >= 0.6 is 11.8 Å². The first-order chi connectivity index (χ1) is 14.7. The highest BCUT2D eigenvalue weighted by Gasteiger charge is 2.38. The summed E-state index contributed by atoms with van der Waals surface area (Å²) in [5.41, 5.74) is 3.20. The highest BCUT2D eigenvalue weighted by Crippen LogP contribution is 2.32. The van der Waals surface area contributed by atoms with E-state index in [-0.39, 0.29) is 11.4 Å². The molecule has 30 heavy (non-hydrogen) atoms.